The van der Waals surface area contributed by atoms with Gasteiger partial charge in [-0.15, -0.1) is 0 Å². The van der Waals surface area contributed by atoms with E-state index in [9.17, 15) is 14.0 Å². The number of cyclic esters (lactones) is 1. The number of nitrogens with zero attached hydrogens (tertiary/aromatic N) is 1. The Labute approximate surface area is 139 Å². The molecule has 0 N–H and O–H groups in total. The second-order valence-corrected chi connectivity index (χ2v) is 5.52. The summed E-state index contributed by atoms with van der Waals surface area (Å²) >= 11 is 0. The Morgan fingerprint density at radius 3 is 2.75 bits per heavy atom. The van der Waals surface area contributed by atoms with Gasteiger partial charge >= 0.3 is 6.09 Å². The maximum atomic E-state index is 13.2. The molecule has 3 rings (SSSR count). The van der Waals surface area contributed by atoms with Crippen LogP contribution >= 0.6 is 0 Å². The van der Waals surface area contributed by atoms with Gasteiger partial charge in [0.1, 0.15) is 12.4 Å². The van der Waals surface area contributed by atoms with Crippen molar-refractivity contribution in [3.63, 3.8) is 0 Å². The monoisotopic (exact) mass is 325 g/mol. The van der Waals surface area contributed by atoms with Crippen molar-refractivity contribution in [1.29, 1.82) is 0 Å². The molecule has 4 nitrogen and oxygen atoms in total. The van der Waals surface area contributed by atoms with Crippen LogP contribution in [-0.4, -0.2) is 29.5 Å². The molecule has 1 atom stereocenters. The van der Waals surface area contributed by atoms with Crippen LogP contribution in [0.2, 0.25) is 0 Å². The number of carbonyl (C=O) groups is 2. The van der Waals surface area contributed by atoms with E-state index in [-0.39, 0.29) is 18.5 Å². The van der Waals surface area contributed by atoms with E-state index in [2.05, 4.69) is 0 Å². The maximum absolute atomic E-state index is 13.2. The Balaban J connectivity index is 1.72. The van der Waals surface area contributed by atoms with Crippen molar-refractivity contribution in [2.45, 2.75) is 12.5 Å². The Bertz CT molecular complexity index is 773. The van der Waals surface area contributed by atoms with Gasteiger partial charge in [0.2, 0.25) is 0 Å². The van der Waals surface area contributed by atoms with Crippen LogP contribution in [0.1, 0.15) is 11.1 Å². The first kappa shape index (κ1) is 15.9. The third-order valence-electron chi connectivity index (χ3n) is 3.78. The molecule has 0 aliphatic carbocycles. The van der Waals surface area contributed by atoms with Crippen LogP contribution in [-0.2, 0) is 16.0 Å². The van der Waals surface area contributed by atoms with E-state index in [1.165, 1.54) is 24.3 Å². The third kappa shape index (κ3) is 3.68. The number of ether oxygens (including phenoxy) is 1. The van der Waals surface area contributed by atoms with Crippen LogP contribution in [0.3, 0.4) is 0 Å². The molecule has 2 amide bonds. The molecule has 0 saturated carbocycles. The predicted molar refractivity (Wildman–Crippen MR) is 87.6 cm³/mol. The standard InChI is InChI=1S/C19H16FNO3/c20-16-8-4-7-15(11-16)9-10-18(22)21-17(13-24-19(21)23)12-14-5-2-1-3-6-14/h1-11,17H,12-13H2/b10-9-/t17-/m0/s1. The van der Waals surface area contributed by atoms with E-state index >= 15 is 0 Å². The van der Waals surface area contributed by atoms with Crippen LogP contribution in [0.15, 0.2) is 60.7 Å². The molecule has 5 heteroatoms. The smallest absolute Gasteiger partial charge is 0.417 e. The molecule has 2 aromatic rings. The van der Waals surface area contributed by atoms with E-state index < -0.39 is 12.0 Å². The summed E-state index contributed by atoms with van der Waals surface area (Å²) in [6, 6.07) is 15.1. The fourth-order valence-corrected chi connectivity index (χ4v) is 2.63. The molecule has 1 saturated heterocycles. The number of carbonyl (C=O) groups excluding carboxylic acids is 2. The SMILES string of the molecule is O=C(/C=C\c1cccc(F)c1)N1C(=O)OC[C@@H]1Cc1ccccc1. The lowest BCUT2D eigenvalue weighted by Crippen LogP contribution is -2.39. The van der Waals surface area contributed by atoms with Crippen molar-refractivity contribution in [3.05, 3.63) is 77.6 Å². The highest BCUT2D eigenvalue weighted by atomic mass is 19.1. The molecule has 0 aromatic heterocycles. The molecule has 1 heterocycles. The van der Waals surface area contributed by atoms with Crippen LogP contribution in [0.25, 0.3) is 6.08 Å². The van der Waals surface area contributed by atoms with Crippen LogP contribution in [0.5, 0.6) is 0 Å². The summed E-state index contributed by atoms with van der Waals surface area (Å²) in [6.45, 7) is 0.174. The second-order valence-electron chi connectivity index (χ2n) is 5.52. The molecular weight excluding hydrogens is 309 g/mol. The Morgan fingerprint density at radius 2 is 2.00 bits per heavy atom. The van der Waals surface area contributed by atoms with Gasteiger partial charge in [-0.2, -0.15) is 0 Å². The zero-order valence-corrected chi connectivity index (χ0v) is 12.9. The molecule has 0 bridgehead atoms. The second kappa shape index (κ2) is 7.08. The third-order valence-corrected chi connectivity index (χ3v) is 3.78. The zero-order chi connectivity index (χ0) is 16.9. The lowest BCUT2D eigenvalue weighted by Gasteiger charge is -2.18. The normalized spacial score (nSPS) is 17.3. The molecule has 1 aliphatic heterocycles. The summed E-state index contributed by atoms with van der Waals surface area (Å²) in [4.78, 5) is 25.3. The number of rotatable bonds is 4. The van der Waals surface area contributed by atoms with Crippen LogP contribution in [0.4, 0.5) is 9.18 Å². The molecule has 24 heavy (non-hydrogen) atoms. The molecular formula is C19H16FNO3. The molecule has 0 spiro atoms. The molecule has 2 aromatic carbocycles. The molecule has 122 valence electrons. The number of halogens is 1. The minimum absolute atomic E-state index is 0.174. The molecule has 0 unspecified atom stereocenters. The Kier molecular flexibility index (Phi) is 4.70. The van der Waals surface area contributed by atoms with Gasteiger partial charge in [0.05, 0.1) is 6.04 Å². The van der Waals surface area contributed by atoms with E-state index in [0.717, 1.165) is 10.5 Å². The lowest BCUT2D eigenvalue weighted by molar-refractivity contribution is -0.124. The zero-order valence-electron chi connectivity index (χ0n) is 12.9. The van der Waals surface area contributed by atoms with E-state index in [0.29, 0.717) is 12.0 Å². The minimum atomic E-state index is -0.648. The number of hydrogen-bond acceptors (Lipinski definition) is 3. The van der Waals surface area contributed by atoms with Gasteiger partial charge in [-0.1, -0.05) is 42.5 Å². The summed E-state index contributed by atoms with van der Waals surface area (Å²) in [7, 11) is 0. The summed E-state index contributed by atoms with van der Waals surface area (Å²) in [5.74, 6) is -0.852. The number of amides is 2. The van der Waals surface area contributed by atoms with Crippen molar-refractivity contribution in [2.75, 3.05) is 6.61 Å². The quantitative estimate of drug-likeness (QED) is 0.809. The maximum Gasteiger partial charge on any atom is 0.417 e. The van der Waals surface area contributed by atoms with E-state index in [1.807, 2.05) is 30.3 Å². The largest absolute Gasteiger partial charge is 0.447 e. The van der Waals surface area contributed by atoms with Crippen LogP contribution < -0.4 is 0 Å². The number of imide groups is 1. The fraction of sp³-hybridized carbons (Fsp3) is 0.158. The Hall–Kier alpha value is -2.95. The Morgan fingerprint density at radius 1 is 1.21 bits per heavy atom. The minimum Gasteiger partial charge on any atom is -0.447 e. The van der Waals surface area contributed by atoms with Gasteiger partial charge in [-0.25, -0.2) is 14.1 Å². The average Bonchev–Trinajstić information content (AvgIpc) is 2.94. The summed E-state index contributed by atoms with van der Waals surface area (Å²) < 4.78 is 18.2. The highest BCUT2D eigenvalue weighted by molar-refractivity contribution is 6.02. The summed E-state index contributed by atoms with van der Waals surface area (Å²) in [5.41, 5.74) is 1.57. The van der Waals surface area contributed by atoms with Gasteiger partial charge in [-0.3, -0.25) is 4.79 Å². The first-order valence-corrected chi connectivity index (χ1v) is 7.61. The van der Waals surface area contributed by atoms with E-state index in [1.54, 1.807) is 12.1 Å². The fourth-order valence-electron chi connectivity index (χ4n) is 2.63. The summed E-state index contributed by atoms with van der Waals surface area (Å²) in [6.07, 6.45) is 2.63. The predicted octanol–water partition coefficient (Wildman–Crippen LogP) is 3.43. The van der Waals surface area contributed by atoms with Crippen molar-refractivity contribution >= 4 is 18.1 Å². The van der Waals surface area contributed by atoms with Gasteiger partial charge in [0.15, 0.2) is 0 Å². The van der Waals surface area contributed by atoms with Gasteiger partial charge in [0.25, 0.3) is 5.91 Å². The van der Waals surface area contributed by atoms with Crippen molar-refractivity contribution < 1.29 is 18.7 Å². The average molecular weight is 325 g/mol. The number of benzene rings is 2. The van der Waals surface area contributed by atoms with Crippen LogP contribution in [0, 0.1) is 5.82 Å². The highest BCUT2D eigenvalue weighted by Gasteiger charge is 2.36. The first-order valence-electron chi connectivity index (χ1n) is 7.61. The van der Waals surface area contributed by atoms with Crippen molar-refractivity contribution in [3.8, 4) is 0 Å². The molecule has 1 fully saturated rings. The van der Waals surface area contributed by atoms with Gasteiger partial charge in [0, 0.05) is 6.08 Å². The van der Waals surface area contributed by atoms with Crippen molar-refractivity contribution in [1.82, 2.24) is 4.90 Å². The number of hydrogen-bond donors (Lipinski definition) is 0. The first-order chi connectivity index (χ1) is 11.6. The van der Waals surface area contributed by atoms with Gasteiger partial charge in [-0.05, 0) is 35.8 Å². The summed E-state index contributed by atoms with van der Waals surface area (Å²) in [5, 5.41) is 0. The topological polar surface area (TPSA) is 46.6 Å². The molecule has 0 radical (unpaired) electrons. The molecule has 1 aliphatic rings. The highest BCUT2D eigenvalue weighted by Crippen LogP contribution is 2.18. The lowest BCUT2D eigenvalue weighted by atomic mass is 10.1. The van der Waals surface area contributed by atoms with Gasteiger partial charge < -0.3 is 4.74 Å². The van der Waals surface area contributed by atoms with E-state index in [4.69, 9.17) is 4.74 Å². The van der Waals surface area contributed by atoms with Crippen molar-refractivity contribution in [2.24, 2.45) is 0 Å².